The van der Waals surface area contributed by atoms with Crippen LogP contribution in [0.5, 0.6) is 0 Å². The normalized spacial score (nSPS) is 15.1. The molecule has 1 atom stereocenters. The average molecular weight is 518 g/mol. The number of nitrogens with one attached hydrogen (secondary N) is 1. The van der Waals surface area contributed by atoms with Crippen LogP contribution in [0.25, 0.3) is 0 Å². The minimum atomic E-state index is -0.685. The standard InChI is InChI=1S/C25H23N7O2S2/c1-16-21(10-9-18-11-26-30(2)12-18)36-25-22(16)35-15-20(24(34)31(25)3)27-23(33)19-14-32(29-28-19)13-17-7-5-4-6-8-17/h4-8,11-12,14,20H,13,15H2,1-3H3,(H,27,33)/t20-/m0/s1. The Bertz CT molecular complexity index is 1490. The first-order valence-electron chi connectivity index (χ1n) is 11.2. The molecule has 9 nitrogen and oxygen atoms in total. The number of benzene rings is 1. The van der Waals surface area contributed by atoms with Crippen molar-refractivity contribution in [2.24, 2.45) is 7.05 Å². The smallest absolute Gasteiger partial charge is 0.274 e. The molecule has 1 aliphatic rings. The Morgan fingerprint density at radius 1 is 1.19 bits per heavy atom. The number of carbonyl (C=O) groups excluding carboxylic acids is 2. The summed E-state index contributed by atoms with van der Waals surface area (Å²) in [7, 11) is 3.58. The maximum Gasteiger partial charge on any atom is 0.274 e. The van der Waals surface area contributed by atoms with Gasteiger partial charge in [-0.3, -0.25) is 14.3 Å². The second kappa shape index (κ2) is 10.0. The molecule has 0 bridgehead atoms. The first kappa shape index (κ1) is 23.8. The molecule has 11 heteroatoms. The highest BCUT2D eigenvalue weighted by Gasteiger charge is 2.33. The lowest BCUT2D eigenvalue weighted by atomic mass is 10.2. The van der Waals surface area contributed by atoms with E-state index in [1.807, 2.05) is 50.5 Å². The number of fused-ring (bicyclic) bond motifs is 1. The highest BCUT2D eigenvalue weighted by molar-refractivity contribution is 7.99. The van der Waals surface area contributed by atoms with E-state index in [1.165, 1.54) is 11.3 Å². The minimum absolute atomic E-state index is 0.176. The lowest BCUT2D eigenvalue weighted by Crippen LogP contribution is -2.48. The molecular weight excluding hydrogens is 494 g/mol. The number of aromatic nitrogens is 5. The van der Waals surface area contributed by atoms with E-state index in [-0.39, 0.29) is 11.6 Å². The molecule has 1 aromatic carbocycles. The van der Waals surface area contributed by atoms with Gasteiger partial charge in [-0.15, -0.1) is 28.2 Å². The largest absolute Gasteiger partial charge is 0.338 e. The van der Waals surface area contributed by atoms with E-state index in [1.54, 1.807) is 45.5 Å². The quantitative estimate of drug-likeness (QED) is 0.418. The van der Waals surface area contributed by atoms with Crippen molar-refractivity contribution >= 4 is 39.9 Å². The first-order valence-corrected chi connectivity index (χ1v) is 13.0. The van der Waals surface area contributed by atoms with Crippen molar-refractivity contribution in [3.63, 3.8) is 0 Å². The van der Waals surface area contributed by atoms with Gasteiger partial charge in [0.25, 0.3) is 11.8 Å². The third-order valence-electron chi connectivity index (χ3n) is 5.69. The Morgan fingerprint density at radius 3 is 2.75 bits per heavy atom. The third kappa shape index (κ3) is 4.91. The number of rotatable bonds is 4. The molecule has 36 heavy (non-hydrogen) atoms. The molecule has 182 valence electrons. The summed E-state index contributed by atoms with van der Waals surface area (Å²) < 4.78 is 3.32. The fraction of sp³-hybridized carbons (Fsp3) is 0.240. The maximum atomic E-state index is 13.2. The predicted molar refractivity (Wildman–Crippen MR) is 139 cm³/mol. The van der Waals surface area contributed by atoms with Crippen LogP contribution >= 0.6 is 23.1 Å². The molecule has 0 radical (unpaired) electrons. The van der Waals surface area contributed by atoms with Crippen LogP contribution in [0.3, 0.4) is 0 Å². The highest BCUT2D eigenvalue weighted by Crippen LogP contribution is 2.43. The SMILES string of the molecule is Cc1c(C#Cc2cnn(C)c2)sc2c1SC[C@H](NC(=O)c1cn(Cc3ccccc3)nn1)C(=O)N2C. The fourth-order valence-electron chi connectivity index (χ4n) is 3.77. The van der Waals surface area contributed by atoms with Crippen LogP contribution in [0.2, 0.25) is 0 Å². The Kier molecular flexibility index (Phi) is 6.63. The maximum absolute atomic E-state index is 13.2. The molecule has 0 unspecified atom stereocenters. The monoisotopic (exact) mass is 517 g/mol. The summed E-state index contributed by atoms with van der Waals surface area (Å²) in [5.41, 5.74) is 3.10. The molecule has 0 saturated heterocycles. The van der Waals surface area contributed by atoms with Crippen LogP contribution in [0.4, 0.5) is 5.00 Å². The number of amides is 2. The van der Waals surface area contributed by atoms with Crippen LogP contribution < -0.4 is 10.2 Å². The summed E-state index contributed by atoms with van der Waals surface area (Å²) in [6.45, 7) is 2.52. The average Bonchev–Trinajstić information content (AvgIpc) is 3.57. The zero-order valence-corrected chi connectivity index (χ0v) is 21.6. The first-order chi connectivity index (χ1) is 17.4. The van der Waals surface area contributed by atoms with Gasteiger partial charge in [0.05, 0.1) is 29.4 Å². The summed E-state index contributed by atoms with van der Waals surface area (Å²) in [5, 5.41) is 15.9. The lowest BCUT2D eigenvalue weighted by molar-refractivity contribution is -0.119. The van der Waals surface area contributed by atoms with E-state index < -0.39 is 11.9 Å². The van der Waals surface area contributed by atoms with E-state index in [0.717, 1.165) is 31.5 Å². The molecule has 3 aromatic heterocycles. The van der Waals surface area contributed by atoms with E-state index in [0.29, 0.717) is 12.3 Å². The van der Waals surface area contributed by atoms with Gasteiger partial charge < -0.3 is 10.2 Å². The van der Waals surface area contributed by atoms with Gasteiger partial charge >= 0.3 is 0 Å². The van der Waals surface area contributed by atoms with Crippen LogP contribution in [0.15, 0.2) is 53.8 Å². The number of aryl methyl sites for hydroxylation is 1. The summed E-state index contributed by atoms with van der Waals surface area (Å²) in [6.07, 6.45) is 5.17. The predicted octanol–water partition coefficient (Wildman–Crippen LogP) is 2.70. The van der Waals surface area contributed by atoms with Gasteiger partial charge in [-0.05, 0) is 18.1 Å². The molecule has 2 amide bonds. The molecule has 0 saturated carbocycles. The number of anilines is 1. The number of carbonyl (C=O) groups is 2. The van der Waals surface area contributed by atoms with Crippen LogP contribution in [0, 0.1) is 18.8 Å². The topological polar surface area (TPSA) is 97.9 Å². The molecule has 5 rings (SSSR count). The Morgan fingerprint density at radius 2 is 2.00 bits per heavy atom. The molecular formula is C25H23N7O2S2. The van der Waals surface area contributed by atoms with Gasteiger partial charge in [0.15, 0.2) is 5.69 Å². The second-order valence-corrected chi connectivity index (χ2v) is 10.4. The number of nitrogens with zero attached hydrogens (tertiary/aromatic N) is 6. The van der Waals surface area contributed by atoms with Crippen molar-refractivity contribution in [1.29, 1.82) is 0 Å². The zero-order chi connectivity index (χ0) is 25.2. The van der Waals surface area contributed by atoms with E-state index >= 15 is 0 Å². The van der Waals surface area contributed by atoms with Crippen LogP contribution in [-0.4, -0.2) is 55.4 Å². The van der Waals surface area contributed by atoms with Crippen molar-refractivity contribution in [2.45, 2.75) is 24.4 Å². The number of likely N-dealkylation sites (N-methyl/N-ethyl adjacent to an activating group) is 1. The second-order valence-electron chi connectivity index (χ2n) is 8.36. The summed E-state index contributed by atoms with van der Waals surface area (Å²) in [5.74, 6) is 6.16. The number of hydrogen-bond acceptors (Lipinski definition) is 7. The summed E-state index contributed by atoms with van der Waals surface area (Å²) >= 11 is 3.03. The minimum Gasteiger partial charge on any atom is -0.338 e. The molecule has 1 aliphatic heterocycles. The van der Waals surface area contributed by atoms with Crippen molar-refractivity contribution in [3.05, 3.63) is 76.2 Å². The van der Waals surface area contributed by atoms with Gasteiger partial charge in [0.2, 0.25) is 0 Å². The number of hydrogen-bond donors (Lipinski definition) is 1. The zero-order valence-electron chi connectivity index (χ0n) is 19.9. The van der Waals surface area contributed by atoms with E-state index in [2.05, 4.69) is 32.6 Å². The molecule has 0 fully saturated rings. The van der Waals surface area contributed by atoms with Gasteiger partial charge in [0, 0.05) is 30.9 Å². The van der Waals surface area contributed by atoms with Gasteiger partial charge in [-0.1, -0.05) is 47.4 Å². The van der Waals surface area contributed by atoms with Gasteiger partial charge in [0.1, 0.15) is 11.0 Å². The van der Waals surface area contributed by atoms with Gasteiger partial charge in [-0.25, -0.2) is 4.68 Å². The van der Waals surface area contributed by atoms with E-state index in [4.69, 9.17) is 0 Å². The molecule has 0 aliphatic carbocycles. The fourth-order valence-corrected chi connectivity index (χ4v) is 6.29. The highest BCUT2D eigenvalue weighted by atomic mass is 32.2. The van der Waals surface area contributed by atoms with Crippen molar-refractivity contribution in [3.8, 4) is 11.8 Å². The van der Waals surface area contributed by atoms with Crippen LogP contribution in [-0.2, 0) is 18.4 Å². The van der Waals surface area contributed by atoms with Gasteiger partial charge in [-0.2, -0.15) is 5.10 Å². The van der Waals surface area contributed by atoms with Crippen molar-refractivity contribution in [1.82, 2.24) is 30.1 Å². The Balaban J connectivity index is 1.28. The number of thiophene rings is 1. The Hall–Kier alpha value is -3.88. The van der Waals surface area contributed by atoms with Crippen LogP contribution in [0.1, 0.15) is 32.1 Å². The molecule has 0 spiro atoms. The molecule has 4 aromatic rings. The van der Waals surface area contributed by atoms with Crippen molar-refractivity contribution in [2.75, 3.05) is 17.7 Å². The Labute approximate surface area is 216 Å². The van der Waals surface area contributed by atoms with Crippen molar-refractivity contribution < 1.29 is 9.59 Å². The van der Waals surface area contributed by atoms with E-state index in [9.17, 15) is 9.59 Å². The molecule has 1 N–H and O–H groups in total. The lowest BCUT2D eigenvalue weighted by Gasteiger charge is -2.20. The number of thioether (sulfide) groups is 1. The third-order valence-corrected chi connectivity index (χ3v) is 8.39. The molecule has 4 heterocycles. The summed E-state index contributed by atoms with van der Waals surface area (Å²) in [4.78, 5) is 29.6. The summed E-state index contributed by atoms with van der Waals surface area (Å²) in [6, 6.07) is 9.12.